The molecule has 1 atom stereocenters. The van der Waals surface area contributed by atoms with Crippen molar-refractivity contribution in [3.8, 4) is 0 Å². The van der Waals surface area contributed by atoms with Crippen molar-refractivity contribution in [2.75, 3.05) is 13.1 Å². The van der Waals surface area contributed by atoms with Crippen molar-refractivity contribution in [3.63, 3.8) is 0 Å². The molecule has 4 rings (SSSR count). The Morgan fingerprint density at radius 1 is 1.32 bits per heavy atom. The molecule has 0 spiro atoms. The first-order valence-electron chi connectivity index (χ1n) is 8.45. The average Bonchev–Trinajstić information content (AvgIpc) is 3.07. The number of rotatable bonds is 2. The molecule has 1 aliphatic heterocycles. The van der Waals surface area contributed by atoms with Gasteiger partial charge in [0.15, 0.2) is 11.2 Å². The minimum atomic E-state index is -0.231. The Hall–Kier alpha value is -2.89. The summed E-state index contributed by atoms with van der Waals surface area (Å²) in [6.07, 6.45) is 5.64. The number of carbonyl (C=O) groups excluding carboxylic acids is 1. The van der Waals surface area contributed by atoms with E-state index < -0.39 is 0 Å². The molecule has 0 aliphatic carbocycles. The molecule has 0 saturated carbocycles. The summed E-state index contributed by atoms with van der Waals surface area (Å²) < 4.78 is 7.80. The Labute approximate surface area is 144 Å². The van der Waals surface area contributed by atoms with Crippen molar-refractivity contribution in [2.24, 2.45) is 0 Å². The van der Waals surface area contributed by atoms with Gasteiger partial charge >= 0.3 is 0 Å². The van der Waals surface area contributed by atoms with Crippen LogP contribution in [0.3, 0.4) is 0 Å². The van der Waals surface area contributed by atoms with E-state index in [0.717, 1.165) is 18.7 Å². The van der Waals surface area contributed by atoms with Gasteiger partial charge in [-0.1, -0.05) is 12.1 Å². The van der Waals surface area contributed by atoms with Gasteiger partial charge in [-0.05, 0) is 31.9 Å². The van der Waals surface area contributed by atoms with Crippen LogP contribution < -0.4 is 5.43 Å². The van der Waals surface area contributed by atoms with Crippen molar-refractivity contribution in [1.82, 2.24) is 14.5 Å². The highest BCUT2D eigenvalue weighted by atomic mass is 16.3. The molecule has 0 unspecified atom stereocenters. The van der Waals surface area contributed by atoms with Crippen LogP contribution in [0.25, 0.3) is 11.0 Å². The molecular formula is C19H19N3O3. The molecule has 1 aliphatic rings. The van der Waals surface area contributed by atoms with Crippen molar-refractivity contribution in [3.05, 3.63) is 64.5 Å². The number of hydrogen-bond acceptors (Lipinski definition) is 4. The summed E-state index contributed by atoms with van der Waals surface area (Å²) >= 11 is 0. The van der Waals surface area contributed by atoms with E-state index in [-0.39, 0.29) is 23.1 Å². The van der Waals surface area contributed by atoms with E-state index in [0.29, 0.717) is 24.1 Å². The van der Waals surface area contributed by atoms with Crippen LogP contribution in [0.2, 0.25) is 0 Å². The molecule has 25 heavy (non-hydrogen) atoms. The standard InChI is InChI=1S/C19H19N3O3/c1-13-20-8-10-22(13)14-5-4-9-21(12-14)19(24)18-11-16(23)15-6-2-3-7-17(15)25-18/h2-3,6-8,10-11,14H,4-5,9,12H2,1H3/t14-/m0/s1. The summed E-state index contributed by atoms with van der Waals surface area (Å²) in [5.41, 5.74) is 0.251. The molecule has 3 heterocycles. The van der Waals surface area contributed by atoms with Gasteiger partial charge in [0, 0.05) is 31.5 Å². The van der Waals surface area contributed by atoms with Gasteiger partial charge in [-0.3, -0.25) is 9.59 Å². The van der Waals surface area contributed by atoms with Crippen LogP contribution in [0.5, 0.6) is 0 Å². The fraction of sp³-hybridized carbons (Fsp3) is 0.316. The molecule has 128 valence electrons. The SMILES string of the molecule is Cc1nccn1[C@H]1CCCN(C(=O)c2cc(=O)c3ccccc3o2)C1. The first-order valence-corrected chi connectivity index (χ1v) is 8.45. The third-order valence-electron chi connectivity index (χ3n) is 4.78. The van der Waals surface area contributed by atoms with Crippen LogP contribution in [0.15, 0.2) is 51.9 Å². The zero-order chi connectivity index (χ0) is 17.4. The van der Waals surface area contributed by atoms with Gasteiger partial charge in [0.1, 0.15) is 11.4 Å². The predicted octanol–water partition coefficient (Wildman–Crippen LogP) is 2.78. The fourth-order valence-corrected chi connectivity index (χ4v) is 3.50. The number of piperidine rings is 1. The number of aromatic nitrogens is 2. The van der Waals surface area contributed by atoms with E-state index in [1.54, 1.807) is 35.4 Å². The molecule has 1 aromatic carbocycles. The molecule has 1 amide bonds. The Morgan fingerprint density at radius 2 is 2.16 bits per heavy atom. The lowest BCUT2D eigenvalue weighted by atomic mass is 10.0. The van der Waals surface area contributed by atoms with Crippen molar-refractivity contribution in [2.45, 2.75) is 25.8 Å². The maximum atomic E-state index is 12.9. The lowest BCUT2D eigenvalue weighted by Gasteiger charge is -2.33. The number of fused-ring (bicyclic) bond motifs is 1. The maximum Gasteiger partial charge on any atom is 0.289 e. The number of para-hydroxylation sites is 1. The minimum absolute atomic E-state index is 0.103. The molecule has 3 aromatic rings. The Kier molecular flexibility index (Phi) is 3.87. The molecule has 1 saturated heterocycles. The van der Waals surface area contributed by atoms with Crippen LogP contribution in [0.1, 0.15) is 35.3 Å². The largest absolute Gasteiger partial charge is 0.451 e. The number of amides is 1. The summed E-state index contributed by atoms with van der Waals surface area (Å²) in [7, 11) is 0. The first-order chi connectivity index (χ1) is 12.1. The topological polar surface area (TPSA) is 68.3 Å². The van der Waals surface area contributed by atoms with Crippen LogP contribution in [0, 0.1) is 6.92 Å². The van der Waals surface area contributed by atoms with Crippen LogP contribution in [0.4, 0.5) is 0 Å². The smallest absolute Gasteiger partial charge is 0.289 e. The summed E-state index contributed by atoms with van der Waals surface area (Å²) in [6, 6.07) is 8.49. The van der Waals surface area contributed by atoms with Gasteiger partial charge in [0.05, 0.1) is 11.4 Å². The normalized spacial score (nSPS) is 17.8. The number of hydrogen-bond donors (Lipinski definition) is 0. The van der Waals surface area contributed by atoms with E-state index in [1.165, 1.54) is 6.07 Å². The van der Waals surface area contributed by atoms with Crippen molar-refractivity contribution >= 4 is 16.9 Å². The number of aryl methyl sites for hydroxylation is 1. The second-order valence-electron chi connectivity index (χ2n) is 6.40. The maximum absolute atomic E-state index is 12.9. The van der Waals surface area contributed by atoms with Gasteiger partial charge < -0.3 is 13.9 Å². The quantitative estimate of drug-likeness (QED) is 0.721. The number of carbonyl (C=O) groups is 1. The summed E-state index contributed by atoms with van der Waals surface area (Å²) in [5.74, 6) is 0.813. The monoisotopic (exact) mass is 337 g/mol. The molecule has 0 N–H and O–H groups in total. The Morgan fingerprint density at radius 3 is 2.96 bits per heavy atom. The van der Waals surface area contributed by atoms with Gasteiger partial charge in [-0.15, -0.1) is 0 Å². The van der Waals surface area contributed by atoms with Crippen molar-refractivity contribution in [1.29, 1.82) is 0 Å². The number of nitrogens with zero attached hydrogens (tertiary/aromatic N) is 3. The molecule has 0 bridgehead atoms. The van der Waals surface area contributed by atoms with Crippen molar-refractivity contribution < 1.29 is 9.21 Å². The second-order valence-corrected chi connectivity index (χ2v) is 6.40. The molecule has 0 radical (unpaired) electrons. The highest BCUT2D eigenvalue weighted by Crippen LogP contribution is 2.24. The van der Waals surface area contributed by atoms with Gasteiger partial charge in [-0.25, -0.2) is 4.98 Å². The van der Waals surface area contributed by atoms with E-state index in [1.807, 2.05) is 13.1 Å². The van der Waals surface area contributed by atoms with Crippen LogP contribution >= 0.6 is 0 Å². The summed E-state index contributed by atoms with van der Waals surface area (Å²) in [6.45, 7) is 3.22. The lowest BCUT2D eigenvalue weighted by Crippen LogP contribution is -2.41. The fourth-order valence-electron chi connectivity index (χ4n) is 3.50. The van der Waals surface area contributed by atoms with Gasteiger partial charge in [0.25, 0.3) is 5.91 Å². The Bertz CT molecular complexity index is 989. The third-order valence-corrected chi connectivity index (χ3v) is 4.78. The van der Waals surface area contributed by atoms with E-state index in [4.69, 9.17) is 4.42 Å². The van der Waals surface area contributed by atoms with Gasteiger partial charge in [0.2, 0.25) is 0 Å². The summed E-state index contributed by atoms with van der Waals surface area (Å²) in [5, 5.41) is 0.490. The molecule has 2 aromatic heterocycles. The van der Waals surface area contributed by atoms with Gasteiger partial charge in [-0.2, -0.15) is 0 Å². The average molecular weight is 337 g/mol. The van der Waals surface area contributed by atoms with E-state index in [2.05, 4.69) is 9.55 Å². The van der Waals surface area contributed by atoms with Crippen LogP contribution in [-0.4, -0.2) is 33.4 Å². The Balaban J connectivity index is 1.62. The molecule has 6 nitrogen and oxygen atoms in total. The first kappa shape index (κ1) is 15.6. The van der Waals surface area contributed by atoms with Crippen LogP contribution in [-0.2, 0) is 0 Å². The number of imidazole rings is 1. The molecule has 1 fully saturated rings. The minimum Gasteiger partial charge on any atom is -0.451 e. The highest BCUT2D eigenvalue weighted by Gasteiger charge is 2.27. The van der Waals surface area contributed by atoms with E-state index >= 15 is 0 Å². The predicted molar refractivity (Wildman–Crippen MR) is 93.6 cm³/mol. The number of likely N-dealkylation sites (tertiary alicyclic amines) is 1. The van der Waals surface area contributed by atoms with E-state index in [9.17, 15) is 9.59 Å². The zero-order valence-corrected chi connectivity index (χ0v) is 14.0. The number of benzene rings is 1. The zero-order valence-electron chi connectivity index (χ0n) is 14.0. The second kappa shape index (κ2) is 6.20. The lowest BCUT2D eigenvalue weighted by molar-refractivity contribution is 0.0647. The highest BCUT2D eigenvalue weighted by molar-refractivity contribution is 5.93. The molecular weight excluding hydrogens is 318 g/mol. The summed E-state index contributed by atoms with van der Waals surface area (Å²) in [4.78, 5) is 31.1. The third kappa shape index (κ3) is 2.84. The molecule has 6 heteroatoms.